The number of aromatic nitrogens is 3. The van der Waals surface area contributed by atoms with E-state index in [-0.39, 0.29) is 54.2 Å². The highest BCUT2D eigenvalue weighted by Crippen LogP contribution is 2.75. The molecule has 192 valence electrons. The summed E-state index contributed by atoms with van der Waals surface area (Å²) in [6.07, 6.45) is -7.79. The first-order chi connectivity index (χ1) is 16.9. The third-order valence-electron chi connectivity index (χ3n) is 7.91. The first-order valence-corrected chi connectivity index (χ1v) is 11.4. The van der Waals surface area contributed by atoms with E-state index in [1.165, 1.54) is 29.3 Å². The molecule has 6 rings (SSSR count). The van der Waals surface area contributed by atoms with E-state index >= 15 is 0 Å². The minimum Gasteiger partial charge on any atom is -0.421 e. The molecule has 0 unspecified atom stereocenters. The molecule has 3 aliphatic rings. The molecule has 3 fully saturated rings. The molecule has 2 aliphatic heterocycles. The lowest BCUT2D eigenvalue weighted by Gasteiger charge is -2.28. The molecule has 2 aromatic heterocycles. The highest BCUT2D eigenvalue weighted by atomic mass is 19.4. The summed E-state index contributed by atoms with van der Waals surface area (Å²) in [5, 5.41) is 21.9. The van der Waals surface area contributed by atoms with Crippen molar-refractivity contribution in [1.29, 1.82) is 0 Å². The van der Waals surface area contributed by atoms with Crippen molar-refractivity contribution >= 4 is 16.6 Å². The van der Waals surface area contributed by atoms with Gasteiger partial charge in [0.05, 0.1) is 16.5 Å². The van der Waals surface area contributed by atoms with Crippen LogP contribution in [0.1, 0.15) is 36.6 Å². The van der Waals surface area contributed by atoms with Crippen LogP contribution < -0.4 is 10.2 Å². The largest absolute Gasteiger partial charge is 0.421 e. The fourth-order valence-electron chi connectivity index (χ4n) is 5.89. The van der Waals surface area contributed by atoms with Crippen molar-refractivity contribution in [1.82, 2.24) is 20.5 Å². The number of pyridine rings is 1. The molecular weight excluding hydrogens is 492 g/mol. The lowest BCUT2D eigenvalue weighted by molar-refractivity contribution is -0.187. The molecule has 1 saturated carbocycles. The van der Waals surface area contributed by atoms with Gasteiger partial charge >= 0.3 is 12.4 Å². The molecule has 0 bridgehead atoms. The van der Waals surface area contributed by atoms with Crippen LogP contribution in [-0.4, -0.2) is 52.6 Å². The number of rotatable bonds is 3. The molecule has 2 N–H and O–H groups in total. The van der Waals surface area contributed by atoms with E-state index in [0.717, 1.165) is 6.07 Å². The van der Waals surface area contributed by atoms with Crippen LogP contribution in [0.2, 0.25) is 0 Å². The Kier molecular flexibility index (Phi) is 4.77. The number of hydrogen-bond donors (Lipinski definition) is 2. The number of halogens is 6. The third kappa shape index (κ3) is 3.17. The number of nitrogens with one attached hydrogen (secondary N) is 1. The maximum Gasteiger partial charge on any atom is 0.418 e. The molecule has 13 heteroatoms. The van der Waals surface area contributed by atoms with Gasteiger partial charge in [0, 0.05) is 30.4 Å². The smallest absolute Gasteiger partial charge is 0.418 e. The van der Waals surface area contributed by atoms with Gasteiger partial charge in [0.15, 0.2) is 0 Å². The number of nitrogens with zero attached hydrogens (tertiary/aromatic N) is 4. The predicted molar refractivity (Wildman–Crippen MR) is 114 cm³/mol. The molecular formula is C23H21F6N5O2. The summed E-state index contributed by atoms with van der Waals surface area (Å²) in [6.45, 7) is 0.338. The van der Waals surface area contributed by atoms with Crippen molar-refractivity contribution in [2.75, 3.05) is 31.1 Å². The van der Waals surface area contributed by atoms with E-state index in [2.05, 4.69) is 20.5 Å². The van der Waals surface area contributed by atoms with Gasteiger partial charge in [0.1, 0.15) is 11.0 Å². The van der Waals surface area contributed by atoms with Crippen molar-refractivity contribution in [3.05, 3.63) is 47.8 Å². The van der Waals surface area contributed by atoms with Gasteiger partial charge in [0.25, 0.3) is 0 Å². The molecule has 4 heterocycles. The van der Waals surface area contributed by atoms with Crippen LogP contribution in [0, 0.1) is 5.41 Å². The number of aliphatic hydroxyl groups is 1. The summed E-state index contributed by atoms with van der Waals surface area (Å²) in [6, 6.07) is 4.90. The topological polar surface area (TPSA) is 87.3 Å². The molecule has 3 aromatic rings. The Hall–Kier alpha value is -2.93. The van der Waals surface area contributed by atoms with Crippen LogP contribution in [0.4, 0.5) is 32.0 Å². The highest BCUT2D eigenvalue weighted by molar-refractivity contribution is 5.94. The van der Waals surface area contributed by atoms with Crippen LogP contribution in [0.5, 0.6) is 0 Å². The third-order valence-corrected chi connectivity index (χ3v) is 7.91. The number of anilines is 1. The van der Waals surface area contributed by atoms with Gasteiger partial charge < -0.3 is 19.7 Å². The number of alkyl halides is 6. The lowest BCUT2D eigenvalue weighted by atomic mass is 9.92. The monoisotopic (exact) mass is 513 g/mol. The summed E-state index contributed by atoms with van der Waals surface area (Å²) < 4.78 is 89.6. The Morgan fingerprint density at radius 1 is 0.972 bits per heavy atom. The first-order valence-electron chi connectivity index (χ1n) is 11.4. The minimum absolute atomic E-state index is 0.108. The van der Waals surface area contributed by atoms with Crippen molar-refractivity contribution in [3.63, 3.8) is 0 Å². The van der Waals surface area contributed by atoms with E-state index in [1.807, 2.05) is 0 Å². The summed E-state index contributed by atoms with van der Waals surface area (Å²) >= 11 is 0. The highest BCUT2D eigenvalue weighted by Gasteiger charge is 2.86. The minimum atomic E-state index is -4.66. The van der Waals surface area contributed by atoms with Crippen molar-refractivity contribution < 1.29 is 35.9 Å². The molecule has 36 heavy (non-hydrogen) atoms. The van der Waals surface area contributed by atoms with E-state index in [1.54, 1.807) is 0 Å². The first kappa shape index (κ1) is 23.5. The van der Waals surface area contributed by atoms with Gasteiger partial charge in [-0.2, -0.15) is 26.3 Å². The quantitative estimate of drug-likeness (QED) is 0.514. The predicted octanol–water partition coefficient (Wildman–Crippen LogP) is 3.92. The van der Waals surface area contributed by atoms with Crippen molar-refractivity contribution in [3.8, 4) is 0 Å². The summed E-state index contributed by atoms with van der Waals surface area (Å²) in [5.74, 6) is -0.322. The Bertz CT molecular complexity index is 1330. The number of piperidine rings is 2. The maximum absolute atomic E-state index is 14.4. The van der Waals surface area contributed by atoms with Gasteiger partial charge in [0.2, 0.25) is 11.8 Å². The fraction of sp³-hybridized carbons (Fsp3) is 0.522. The summed E-state index contributed by atoms with van der Waals surface area (Å²) in [7, 11) is 0. The van der Waals surface area contributed by atoms with Gasteiger partial charge in [-0.15, -0.1) is 10.2 Å². The Balaban J connectivity index is 1.41. The molecule has 0 amide bonds. The van der Waals surface area contributed by atoms with E-state index < -0.39 is 40.9 Å². The van der Waals surface area contributed by atoms with Crippen molar-refractivity contribution in [2.24, 2.45) is 5.41 Å². The fourth-order valence-corrected chi connectivity index (χ4v) is 5.89. The standard InChI is InChI=1S/C23H21F6N5O2/c24-22(25,26)14-3-4-15(13-2-1-7-31-16(13)14)34-11-19(10-21(19,12-34)23(27,28)29)17-32-33-18(36-17)20(35)5-8-30-9-6-20/h1-4,7,30,35H,5-6,8-12H2/t19-,21-/m0/s1. The Morgan fingerprint density at radius 3 is 2.39 bits per heavy atom. The zero-order valence-corrected chi connectivity index (χ0v) is 18.7. The molecule has 0 radical (unpaired) electrons. The second-order valence-corrected chi connectivity index (χ2v) is 9.92. The Morgan fingerprint density at radius 2 is 1.69 bits per heavy atom. The molecule has 1 aromatic carbocycles. The van der Waals surface area contributed by atoms with Crippen LogP contribution >= 0.6 is 0 Å². The van der Waals surface area contributed by atoms with Crippen LogP contribution in [-0.2, 0) is 17.2 Å². The average molecular weight is 513 g/mol. The molecule has 2 atom stereocenters. The van der Waals surface area contributed by atoms with E-state index in [4.69, 9.17) is 4.42 Å². The molecule has 0 spiro atoms. The maximum atomic E-state index is 14.4. The van der Waals surface area contributed by atoms with Crippen LogP contribution in [0.15, 0.2) is 34.9 Å². The number of fused-ring (bicyclic) bond motifs is 2. The number of hydrogen-bond acceptors (Lipinski definition) is 7. The van der Waals surface area contributed by atoms with Crippen molar-refractivity contribution in [2.45, 2.75) is 42.6 Å². The second-order valence-electron chi connectivity index (χ2n) is 9.92. The molecule has 2 saturated heterocycles. The lowest BCUT2D eigenvalue weighted by Crippen LogP contribution is -2.40. The van der Waals surface area contributed by atoms with E-state index in [9.17, 15) is 31.4 Å². The zero-order valence-electron chi connectivity index (χ0n) is 18.7. The van der Waals surface area contributed by atoms with Crippen LogP contribution in [0.25, 0.3) is 10.9 Å². The molecule has 1 aliphatic carbocycles. The number of benzene rings is 1. The Labute approximate surface area is 200 Å². The van der Waals surface area contributed by atoms with Gasteiger partial charge in [-0.3, -0.25) is 4.98 Å². The van der Waals surface area contributed by atoms with Gasteiger partial charge in [-0.25, -0.2) is 0 Å². The summed E-state index contributed by atoms with van der Waals surface area (Å²) in [4.78, 5) is 5.29. The SMILES string of the molecule is OC1(c2nnc([C@]34CN(c5ccc(C(F)(F)F)c6ncccc56)C[C@@]3(C(F)(F)F)C4)o2)CCNCC1. The van der Waals surface area contributed by atoms with Crippen LogP contribution in [0.3, 0.4) is 0 Å². The summed E-state index contributed by atoms with van der Waals surface area (Å²) in [5.41, 5.74) is -6.24. The van der Waals surface area contributed by atoms with Gasteiger partial charge in [-0.05, 0) is 56.6 Å². The average Bonchev–Trinajstić information content (AvgIpc) is 3.14. The van der Waals surface area contributed by atoms with Gasteiger partial charge in [-0.1, -0.05) is 0 Å². The normalized spacial score (nSPS) is 27.9. The molecule has 7 nitrogen and oxygen atoms in total. The van der Waals surface area contributed by atoms with E-state index in [0.29, 0.717) is 13.1 Å². The zero-order chi connectivity index (χ0) is 25.6. The second kappa shape index (κ2) is 7.31.